The van der Waals surface area contributed by atoms with Gasteiger partial charge >= 0.3 is 0 Å². The van der Waals surface area contributed by atoms with Crippen LogP contribution in [0.1, 0.15) is 45.7 Å². The maximum absolute atomic E-state index is 6.45. The molecule has 5 rings (SSSR count). The zero-order valence-electron chi connectivity index (χ0n) is 21.4. The van der Waals surface area contributed by atoms with Crippen LogP contribution in [0.2, 0.25) is 0 Å². The predicted molar refractivity (Wildman–Crippen MR) is 143 cm³/mol. The molecule has 5 nitrogen and oxygen atoms in total. The van der Waals surface area contributed by atoms with Crippen LogP contribution in [0.15, 0.2) is 85.5 Å². The Balaban J connectivity index is 1.53. The molecule has 0 spiro atoms. The summed E-state index contributed by atoms with van der Waals surface area (Å²) < 4.78 is 10.7. The number of benzene rings is 3. The summed E-state index contributed by atoms with van der Waals surface area (Å²) in [5.74, 6) is 1.60. The third-order valence-electron chi connectivity index (χ3n) is 6.88. The Morgan fingerprint density at radius 2 is 1.66 bits per heavy atom. The van der Waals surface area contributed by atoms with Crippen molar-refractivity contribution in [2.75, 3.05) is 11.9 Å². The third-order valence-corrected chi connectivity index (χ3v) is 6.88. The average Bonchev–Trinajstić information content (AvgIpc) is 3.36. The Hall–Kier alpha value is -3.86. The summed E-state index contributed by atoms with van der Waals surface area (Å²) in [5, 5.41) is 0. The van der Waals surface area contributed by atoms with E-state index < -0.39 is 0 Å². The quantitative estimate of drug-likeness (QED) is 0.304. The Kier molecular flexibility index (Phi) is 5.51. The molecule has 0 bridgehead atoms. The Labute approximate surface area is 207 Å². The number of nitrogens with zero attached hydrogens (tertiary/aromatic N) is 4. The highest BCUT2D eigenvalue weighted by Crippen LogP contribution is 2.40. The summed E-state index contributed by atoms with van der Waals surface area (Å²) in [7, 11) is 2.12. The van der Waals surface area contributed by atoms with Crippen molar-refractivity contribution in [3.8, 4) is 17.2 Å². The second kappa shape index (κ2) is 8.42. The summed E-state index contributed by atoms with van der Waals surface area (Å²) in [6.45, 7) is 11.1. The molecule has 2 heterocycles. The summed E-state index contributed by atoms with van der Waals surface area (Å²) in [5.41, 5.74) is 5.67. The van der Waals surface area contributed by atoms with E-state index in [1.807, 2.05) is 29.2 Å². The molecule has 5 heteroatoms. The molecule has 1 aromatic heterocycles. The molecular weight excluding hydrogens is 432 g/mol. The fourth-order valence-electron chi connectivity index (χ4n) is 4.45. The molecule has 178 valence electrons. The smallest absolute Gasteiger partial charge is 0.245 e. The van der Waals surface area contributed by atoms with E-state index in [-0.39, 0.29) is 11.0 Å². The number of fused-ring (bicyclic) bond motifs is 1. The number of para-hydroxylation sites is 1. The maximum atomic E-state index is 6.45. The van der Waals surface area contributed by atoms with E-state index in [2.05, 4.69) is 117 Å². The van der Waals surface area contributed by atoms with E-state index in [0.29, 0.717) is 0 Å². The van der Waals surface area contributed by atoms with Crippen LogP contribution in [0.3, 0.4) is 0 Å². The van der Waals surface area contributed by atoms with Gasteiger partial charge in [0, 0.05) is 30.1 Å². The lowest BCUT2D eigenvalue weighted by molar-refractivity contribution is -0.582. The van der Waals surface area contributed by atoms with Crippen LogP contribution in [0.5, 0.6) is 11.5 Å². The first kappa shape index (κ1) is 22.9. The number of hydrogen-bond acceptors (Lipinski definition) is 3. The summed E-state index contributed by atoms with van der Waals surface area (Å²) in [6.07, 6.45) is 7.72. The molecular formula is C30H33N4O+. The minimum atomic E-state index is -0.0850. The highest BCUT2D eigenvalue weighted by Gasteiger charge is 2.37. The minimum Gasteiger partial charge on any atom is -0.457 e. The van der Waals surface area contributed by atoms with E-state index >= 15 is 0 Å². The molecule has 0 saturated heterocycles. The van der Waals surface area contributed by atoms with Crippen molar-refractivity contribution in [3.05, 3.63) is 96.6 Å². The van der Waals surface area contributed by atoms with Gasteiger partial charge in [-0.1, -0.05) is 45.0 Å². The van der Waals surface area contributed by atoms with E-state index in [0.717, 1.165) is 22.9 Å². The second-order valence-electron chi connectivity index (χ2n) is 10.7. The molecule has 0 radical (unpaired) electrons. The number of aromatic nitrogens is 2. The molecule has 0 fully saturated rings. The van der Waals surface area contributed by atoms with E-state index in [1.165, 1.54) is 16.8 Å². The van der Waals surface area contributed by atoms with Gasteiger partial charge in [-0.2, -0.15) is 4.90 Å². The van der Waals surface area contributed by atoms with Crippen molar-refractivity contribution in [1.82, 2.24) is 9.55 Å². The summed E-state index contributed by atoms with van der Waals surface area (Å²) in [4.78, 5) is 6.44. The lowest BCUT2D eigenvalue weighted by Crippen LogP contribution is -2.41. The third kappa shape index (κ3) is 4.34. The van der Waals surface area contributed by atoms with E-state index in [9.17, 15) is 0 Å². The molecule has 1 aliphatic heterocycles. The predicted octanol–water partition coefficient (Wildman–Crippen LogP) is 7.02. The minimum absolute atomic E-state index is 0.0135. The first-order valence-electron chi connectivity index (χ1n) is 12.0. The lowest BCUT2D eigenvalue weighted by atomic mass is 9.86. The fourth-order valence-corrected chi connectivity index (χ4v) is 4.45. The van der Waals surface area contributed by atoms with Gasteiger partial charge in [-0.05, 0) is 55.2 Å². The van der Waals surface area contributed by atoms with Gasteiger partial charge in [0.2, 0.25) is 6.34 Å². The first-order valence-corrected chi connectivity index (χ1v) is 12.0. The van der Waals surface area contributed by atoms with Crippen molar-refractivity contribution >= 4 is 17.7 Å². The van der Waals surface area contributed by atoms with Gasteiger partial charge in [-0.25, -0.2) is 4.98 Å². The Morgan fingerprint density at radius 1 is 0.886 bits per heavy atom. The van der Waals surface area contributed by atoms with Gasteiger partial charge in [-0.15, -0.1) is 0 Å². The van der Waals surface area contributed by atoms with Crippen LogP contribution in [0.4, 0.5) is 11.4 Å². The van der Waals surface area contributed by atoms with Crippen LogP contribution >= 0.6 is 0 Å². The molecule has 35 heavy (non-hydrogen) atoms. The molecule has 0 atom stereocenters. The van der Waals surface area contributed by atoms with Crippen LogP contribution in [-0.2, 0) is 11.0 Å². The zero-order valence-corrected chi connectivity index (χ0v) is 21.4. The van der Waals surface area contributed by atoms with Crippen LogP contribution < -0.4 is 9.64 Å². The van der Waals surface area contributed by atoms with Gasteiger partial charge in [0.1, 0.15) is 28.4 Å². The van der Waals surface area contributed by atoms with Crippen molar-refractivity contribution < 1.29 is 9.31 Å². The van der Waals surface area contributed by atoms with Crippen molar-refractivity contribution in [3.63, 3.8) is 0 Å². The van der Waals surface area contributed by atoms with E-state index in [1.54, 1.807) is 6.20 Å². The highest BCUT2D eigenvalue weighted by atomic mass is 16.5. The molecule has 4 aromatic rings. The van der Waals surface area contributed by atoms with Gasteiger partial charge in [0.15, 0.2) is 0 Å². The molecule has 0 saturated carbocycles. The second-order valence-corrected chi connectivity index (χ2v) is 10.7. The average molecular weight is 466 g/mol. The molecule has 0 N–H and O–H groups in total. The molecule has 1 aliphatic rings. The Bertz CT molecular complexity index is 1390. The topological polar surface area (TPSA) is 33.3 Å². The van der Waals surface area contributed by atoms with Gasteiger partial charge in [0.25, 0.3) is 0 Å². The largest absolute Gasteiger partial charge is 0.457 e. The van der Waals surface area contributed by atoms with Crippen LogP contribution in [-0.4, -0.2) is 27.5 Å². The molecule has 3 aromatic carbocycles. The van der Waals surface area contributed by atoms with Gasteiger partial charge in [-0.3, -0.25) is 4.58 Å². The number of rotatable bonds is 4. The first-order chi connectivity index (χ1) is 16.6. The fraction of sp³-hybridized carbons (Fsp3) is 0.267. The number of hydrogen-bond donors (Lipinski definition) is 0. The molecule has 0 amide bonds. The lowest BCUT2D eigenvalue weighted by Gasteiger charge is -2.33. The summed E-state index contributed by atoms with van der Waals surface area (Å²) >= 11 is 0. The molecule has 0 unspecified atom stereocenters. The highest BCUT2D eigenvalue weighted by molar-refractivity contribution is 5.90. The standard InChI is InChI=1S/C30H33N4O/c1-29(2,3)22-16-24(33-15-14-31-20-33)19-26(17-22)35-25-11-9-10-23(18-25)34-21-32(6)30(4,5)27-12-7-8-13-28(27)34/h7-21H,1-6H3/q+1. The van der Waals surface area contributed by atoms with Crippen molar-refractivity contribution in [2.24, 2.45) is 0 Å². The van der Waals surface area contributed by atoms with Crippen molar-refractivity contribution in [1.29, 1.82) is 0 Å². The zero-order chi connectivity index (χ0) is 24.8. The monoisotopic (exact) mass is 465 g/mol. The van der Waals surface area contributed by atoms with Gasteiger partial charge < -0.3 is 9.30 Å². The number of anilines is 2. The van der Waals surface area contributed by atoms with Crippen molar-refractivity contribution in [2.45, 2.75) is 45.6 Å². The van der Waals surface area contributed by atoms with Gasteiger partial charge in [0.05, 0.1) is 19.1 Å². The number of imidazole rings is 1. The normalized spacial score (nSPS) is 14.9. The maximum Gasteiger partial charge on any atom is 0.245 e. The SMILES string of the molecule is C[N+]1=CN(c2cccc(Oc3cc(-n4ccnc4)cc(C(C)(C)C)c3)c2)c2ccccc2C1(C)C. The Morgan fingerprint density at radius 3 is 2.40 bits per heavy atom. The van der Waals surface area contributed by atoms with Crippen LogP contribution in [0, 0.1) is 0 Å². The van der Waals surface area contributed by atoms with Crippen LogP contribution in [0.25, 0.3) is 5.69 Å². The molecule has 0 aliphatic carbocycles. The van der Waals surface area contributed by atoms with E-state index in [4.69, 9.17) is 4.74 Å². The summed E-state index contributed by atoms with van der Waals surface area (Å²) in [6, 6.07) is 23.2. The number of ether oxygens (including phenoxy) is 1.